The number of aryl methyl sites for hydroxylation is 1. The van der Waals surface area contributed by atoms with Gasteiger partial charge >= 0.3 is 0 Å². The van der Waals surface area contributed by atoms with E-state index >= 15 is 0 Å². The molecule has 5 heteroatoms. The van der Waals surface area contributed by atoms with Crippen LogP contribution in [0.15, 0.2) is 47.4 Å². The van der Waals surface area contributed by atoms with Crippen LogP contribution < -0.4 is 4.90 Å². The van der Waals surface area contributed by atoms with Crippen LogP contribution in [0.25, 0.3) is 0 Å². The Morgan fingerprint density at radius 1 is 1.04 bits per heavy atom. The first-order chi connectivity index (χ1) is 12.1. The van der Waals surface area contributed by atoms with Crippen LogP contribution in [0.5, 0.6) is 0 Å². The highest BCUT2D eigenvalue weighted by Gasteiger charge is 2.22. The molecular weight excluding hydrogens is 335 g/mol. The third-order valence-electron chi connectivity index (χ3n) is 4.65. The second-order valence-electron chi connectivity index (χ2n) is 6.29. The smallest absolute Gasteiger partial charge is 0.254 e. The van der Waals surface area contributed by atoms with E-state index in [1.165, 1.54) is 12.1 Å². The van der Waals surface area contributed by atoms with E-state index < -0.39 is 0 Å². The first-order valence-electron chi connectivity index (χ1n) is 8.53. The van der Waals surface area contributed by atoms with Gasteiger partial charge in [-0.25, -0.2) is 4.39 Å². The Morgan fingerprint density at radius 3 is 2.52 bits per heavy atom. The van der Waals surface area contributed by atoms with Crippen LogP contribution in [0.1, 0.15) is 22.3 Å². The van der Waals surface area contributed by atoms with Crippen molar-refractivity contribution < 1.29 is 9.18 Å². The van der Waals surface area contributed by atoms with Gasteiger partial charge in [0.15, 0.2) is 0 Å². The zero-order valence-corrected chi connectivity index (χ0v) is 15.5. The molecule has 1 amide bonds. The number of halogens is 1. The molecule has 3 nitrogen and oxygen atoms in total. The van der Waals surface area contributed by atoms with Crippen molar-refractivity contribution in [1.82, 2.24) is 4.90 Å². The van der Waals surface area contributed by atoms with E-state index in [0.29, 0.717) is 6.54 Å². The van der Waals surface area contributed by atoms with Crippen molar-refractivity contribution in [3.63, 3.8) is 0 Å². The summed E-state index contributed by atoms with van der Waals surface area (Å²) in [5.74, 6) is -0.117. The predicted molar refractivity (Wildman–Crippen MR) is 102 cm³/mol. The fraction of sp³-hybridized carbons (Fsp3) is 0.350. The van der Waals surface area contributed by atoms with Crippen LogP contribution in [0, 0.1) is 12.7 Å². The number of carbonyl (C=O) groups is 1. The van der Waals surface area contributed by atoms with Crippen molar-refractivity contribution >= 4 is 23.4 Å². The second kappa shape index (κ2) is 7.91. The number of nitrogens with zero attached hydrogens (tertiary/aromatic N) is 2. The number of rotatable bonds is 3. The summed E-state index contributed by atoms with van der Waals surface area (Å²) in [6, 6.07) is 12.6. The molecule has 1 fully saturated rings. The molecule has 1 aliphatic rings. The number of hydrogen-bond acceptors (Lipinski definition) is 3. The van der Waals surface area contributed by atoms with E-state index in [1.807, 2.05) is 30.2 Å². The Labute approximate surface area is 152 Å². The summed E-state index contributed by atoms with van der Waals surface area (Å²) < 4.78 is 13.1. The fourth-order valence-electron chi connectivity index (χ4n) is 3.16. The second-order valence-corrected chi connectivity index (χ2v) is 7.17. The third-order valence-corrected chi connectivity index (χ3v) is 5.38. The molecule has 0 aromatic heterocycles. The van der Waals surface area contributed by atoms with Gasteiger partial charge in [-0.15, -0.1) is 11.8 Å². The van der Waals surface area contributed by atoms with Crippen LogP contribution in [0.2, 0.25) is 0 Å². The standard InChI is InChI=1S/C20H23FN2OS/c1-15-4-9-18(25-2)14-19(15)20(24)23-11-3-10-22(12-13-23)17-7-5-16(21)6-8-17/h4-9,14H,3,10-13H2,1-2H3. The summed E-state index contributed by atoms with van der Waals surface area (Å²) in [4.78, 5) is 18.2. The third kappa shape index (κ3) is 4.15. The number of thioether (sulfide) groups is 1. The topological polar surface area (TPSA) is 23.6 Å². The van der Waals surface area contributed by atoms with Gasteiger partial charge in [0, 0.05) is 42.3 Å². The molecule has 1 aliphatic heterocycles. The average Bonchev–Trinajstić information content (AvgIpc) is 2.88. The van der Waals surface area contributed by atoms with Crippen LogP contribution in [0.3, 0.4) is 0 Å². The Kier molecular flexibility index (Phi) is 5.63. The first kappa shape index (κ1) is 17.8. The van der Waals surface area contributed by atoms with Gasteiger partial charge in [-0.3, -0.25) is 4.79 Å². The van der Waals surface area contributed by atoms with Gasteiger partial charge in [0.2, 0.25) is 0 Å². The van der Waals surface area contributed by atoms with Crippen LogP contribution in [0.4, 0.5) is 10.1 Å². The van der Waals surface area contributed by atoms with E-state index in [4.69, 9.17) is 0 Å². The van der Waals surface area contributed by atoms with Crippen LogP contribution >= 0.6 is 11.8 Å². The lowest BCUT2D eigenvalue weighted by Gasteiger charge is -2.24. The van der Waals surface area contributed by atoms with Gasteiger partial charge in [0.05, 0.1) is 0 Å². The van der Waals surface area contributed by atoms with Gasteiger partial charge in [0.1, 0.15) is 5.82 Å². The highest BCUT2D eigenvalue weighted by molar-refractivity contribution is 7.98. The number of anilines is 1. The van der Waals surface area contributed by atoms with Gasteiger partial charge in [-0.05, 0) is 61.6 Å². The van der Waals surface area contributed by atoms with Crippen molar-refractivity contribution in [3.05, 3.63) is 59.4 Å². The lowest BCUT2D eigenvalue weighted by atomic mass is 10.1. The molecule has 0 unspecified atom stereocenters. The maximum atomic E-state index is 13.1. The van der Waals surface area contributed by atoms with Crippen molar-refractivity contribution in [2.24, 2.45) is 0 Å². The highest BCUT2D eigenvalue weighted by Crippen LogP contribution is 2.22. The molecule has 3 rings (SSSR count). The minimum Gasteiger partial charge on any atom is -0.370 e. The van der Waals surface area contributed by atoms with Gasteiger partial charge in [-0.1, -0.05) is 6.07 Å². The molecule has 0 saturated carbocycles. The molecular formula is C20H23FN2OS. The molecule has 2 aromatic carbocycles. The molecule has 0 spiro atoms. The SMILES string of the molecule is CSc1ccc(C)c(C(=O)N2CCCN(c3ccc(F)cc3)CC2)c1. The zero-order chi connectivity index (χ0) is 17.8. The molecule has 0 atom stereocenters. The van der Waals surface area contributed by atoms with Crippen LogP contribution in [-0.2, 0) is 0 Å². The molecule has 132 valence electrons. The summed E-state index contributed by atoms with van der Waals surface area (Å²) in [6.07, 6.45) is 2.93. The van der Waals surface area contributed by atoms with E-state index in [-0.39, 0.29) is 11.7 Å². The number of benzene rings is 2. The maximum Gasteiger partial charge on any atom is 0.254 e. The fourth-order valence-corrected chi connectivity index (χ4v) is 3.60. The van der Waals surface area contributed by atoms with E-state index in [0.717, 1.165) is 47.8 Å². The minimum atomic E-state index is -0.223. The van der Waals surface area contributed by atoms with Crippen molar-refractivity contribution in [2.75, 3.05) is 37.3 Å². The lowest BCUT2D eigenvalue weighted by Crippen LogP contribution is -2.35. The van der Waals surface area contributed by atoms with Crippen molar-refractivity contribution in [2.45, 2.75) is 18.2 Å². The Hall–Kier alpha value is -2.01. The quantitative estimate of drug-likeness (QED) is 0.768. The normalized spacial score (nSPS) is 15.2. The number of carbonyl (C=O) groups excluding carboxylic acids is 1. The first-order valence-corrected chi connectivity index (χ1v) is 9.75. The van der Waals surface area contributed by atoms with Crippen molar-refractivity contribution in [1.29, 1.82) is 0 Å². The maximum absolute atomic E-state index is 13.1. The number of amides is 1. The van der Waals surface area contributed by atoms with E-state index in [9.17, 15) is 9.18 Å². The van der Waals surface area contributed by atoms with E-state index in [2.05, 4.69) is 11.0 Å². The van der Waals surface area contributed by atoms with Crippen molar-refractivity contribution in [3.8, 4) is 0 Å². The average molecular weight is 358 g/mol. The van der Waals surface area contributed by atoms with Crippen LogP contribution in [-0.4, -0.2) is 43.2 Å². The summed E-state index contributed by atoms with van der Waals surface area (Å²) in [7, 11) is 0. The Balaban J connectivity index is 1.72. The predicted octanol–water partition coefficient (Wildman–Crippen LogP) is 4.21. The lowest BCUT2D eigenvalue weighted by molar-refractivity contribution is 0.0766. The molecule has 1 heterocycles. The molecule has 0 N–H and O–H groups in total. The highest BCUT2D eigenvalue weighted by atomic mass is 32.2. The molecule has 0 radical (unpaired) electrons. The molecule has 0 bridgehead atoms. The van der Waals surface area contributed by atoms with Gasteiger partial charge in [0.25, 0.3) is 5.91 Å². The summed E-state index contributed by atoms with van der Waals surface area (Å²) >= 11 is 1.65. The monoisotopic (exact) mass is 358 g/mol. The molecule has 0 aliphatic carbocycles. The zero-order valence-electron chi connectivity index (χ0n) is 14.7. The summed E-state index contributed by atoms with van der Waals surface area (Å²) in [5, 5.41) is 0. The largest absolute Gasteiger partial charge is 0.370 e. The summed E-state index contributed by atoms with van der Waals surface area (Å²) in [5.41, 5.74) is 2.82. The Bertz CT molecular complexity index is 748. The van der Waals surface area contributed by atoms with E-state index in [1.54, 1.807) is 23.9 Å². The Morgan fingerprint density at radius 2 is 1.80 bits per heavy atom. The molecule has 1 saturated heterocycles. The molecule has 2 aromatic rings. The summed E-state index contributed by atoms with van der Waals surface area (Å²) in [6.45, 7) is 5.05. The molecule has 25 heavy (non-hydrogen) atoms. The minimum absolute atomic E-state index is 0.106. The van der Waals surface area contributed by atoms with Gasteiger partial charge < -0.3 is 9.80 Å². The van der Waals surface area contributed by atoms with Gasteiger partial charge in [-0.2, -0.15) is 0 Å². The number of hydrogen-bond donors (Lipinski definition) is 0.